The van der Waals surface area contributed by atoms with Crippen LogP contribution in [0.2, 0.25) is 0 Å². The molecule has 8 nitrogen and oxygen atoms in total. The van der Waals surface area contributed by atoms with Gasteiger partial charge in [-0.25, -0.2) is 8.42 Å². The van der Waals surface area contributed by atoms with E-state index in [0.29, 0.717) is 39.1 Å². The van der Waals surface area contributed by atoms with E-state index in [9.17, 15) is 18.0 Å². The number of ether oxygens (including phenoxy) is 1. The van der Waals surface area contributed by atoms with Crippen LogP contribution < -0.4 is 5.73 Å². The molecule has 0 spiro atoms. The molecule has 2 heterocycles. The molecule has 0 radical (unpaired) electrons. The molecular weight excluding hydrogens is 394 g/mol. The second-order valence-electron chi connectivity index (χ2n) is 6.49. The standard InChI is InChI=1S/C17H23N3O5S.ClH/c1-19-16(21)14-4-3-13(11-15(14)17(19)22)26(23,24)20-8-5-12(6-9-20)25-10-2-7-18;/h3-4,11-12H,2,5-10,18H2,1H3;1H. The maximum atomic E-state index is 12.9. The smallest absolute Gasteiger partial charge is 0.261 e. The predicted molar refractivity (Wildman–Crippen MR) is 102 cm³/mol. The van der Waals surface area contributed by atoms with Crippen LogP contribution in [0.5, 0.6) is 0 Å². The lowest BCUT2D eigenvalue weighted by molar-refractivity contribution is 0.0209. The van der Waals surface area contributed by atoms with Gasteiger partial charge >= 0.3 is 0 Å². The third-order valence-electron chi connectivity index (χ3n) is 4.80. The molecule has 0 saturated carbocycles. The molecule has 1 aromatic carbocycles. The van der Waals surface area contributed by atoms with E-state index in [4.69, 9.17) is 10.5 Å². The summed E-state index contributed by atoms with van der Waals surface area (Å²) in [5, 5.41) is 0. The van der Waals surface area contributed by atoms with Gasteiger partial charge in [-0.15, -0.1) is 12.4 Å². The Morgan fingerprint density at radius 1 is 1.15 bits per heavy atom. The summed E-state index contributed by atoms with van der Waals surface area (Å²) in [5.41, 5.74) is 5.81. The van der Waals surface area contributed by atoms with Crippen molar-refractivity contribution in [1.82, 2.24) is 9.21 Å². The van der Waals surface area contributed by atoms with Gasteiger partial charge in [-0.3, -0.25) is 14.5 Å². The van der Waals surface area contributed by atoms with E-state index in [1.54, 1.807) is 0 Å². The second kappa shape index (κ2) is 8.66. The Bertz CT molecular complexity index is 822. The summed E-state index contributed by atoms with van der Waals surface area (Å²) in [6.07, 6.45) is 2.07. The van der Waals surface area contributed by atoms with E-state index in [1.807, 2.05) is 0 Å². The lowest BCUT2D eigenvalue weighted by atomic mass is 10.1. The highest BCUT2D eigenvalue weighted by Crippen LogP contribution is 2.27. The number of imide groups is 1. The normalized spacial score (nSPS) is 18.5. The highest BCUT2D eigenvalue weighted by Gasteiger charge is 2.35. The minimum Gasteiger partial charge on any atom is -0.378 e. The lowest BCUT2D eigenvalue weighted by Crippen LogP contribution is -2.41. The van der Waals surface area contributed by atoms with Crippen molar-refractivity contribution in [2.75, 3.05) is 33.3 Å². The molecule has 1 saturated heterocycles. The van der Waals surface area contributed by atoms with Crippen LogP contribution in [0.4, 0.5) is 0 Å². The molecule has 150 valence electrons. The number of hydrogen-bond donors (Lipinski definition) is 1. The minimum absolute atomic E-state index is 0. The number of carbonyl (C=O) groups excluding carboxylic acids is 2. The summed E-state index contributed by atoms with van der Waals surface area (Å²) in [4.78, 5) is 25.1. The van der Waals surface area contributed by atoms with E-state index < -0.39 is 21.8 Å². The first-order chi connectivity index (χ1) is 12.4. The van der Waals surface area contributed by atoms with E-state index in [0.717, 1.165) is 11.3 Å². The van der Waals surface area contributed by atoms with Gasteiger partial charge in [0.15, 0.2) is 0 Å². The molecule has 0 unspecified atom stereocenters. The number of amides is 2. The number of sulfonamides is 1. The van der Waals surface area contributed by atoms with Crippen molar-refractivity contribution >= 4 is 34.2 Å². The van der Waals surface area contributed by atoms with Crippen molar-refractivity contribution in [2.45, 2.75) is 30.3 Å². The maximum absolute atomic E-state index is 12.9. The molecule has 1 aromatic rings. The zero-order valence-electron chi connectivity index (χ0n) is 15.1. The first kappa shape index (κ1) is 21.8. The van der Waals surface area contributed by atoms with Crippen molar-refractivity contribution in [3.8, 4) is 0 Å². The van der Waals surface area contributed by atoms with E-state index in [2.05, 4.69) is 0 Å². The number of fused-ring (bicyclic) bond motifs is 1. The lowest BCUT2D eigenvalue weighted by Gasteiger charge is -2.31. The largest absolute Gasteiger partial charge is 0.378 e. The van der Waals surface area contributed by atoms with E-state index in [-0.39, 0.29) is 34.5 Å². The molecule has 0 atom stereocenters. The van der Waals surface area contributed by atoms with Gasteiger partial charge < -0.3 is 10.5 Å². The summed E-state index contributed by atoms with van der Waals surface area (Å²) in [6.45, 7) is 1.88. The average molecular weight is 418 g/mol. The molecule has 27 heavy (non-hydrogen) atoms. The van der Waals surface area contributed by atoms with Crippen LogP contribution in [0, 0.1) is 0 Å². The topological polar surface area (TPSA) is 110 Å². The second-order valence-corrected chi connectivity index (χ2v) is 8.43. The van der Waals surface area contributed by atoms with E-state index >= 15 is 0 Å². The van der Waals surface area contributed by atoms with Crippen LogP contribution >= 0.6 is 12.4 Å². The fraction of sp³-hybridized carbons (Fsp3) is 0.529. The van der Waals surface area contributed by atoms with Crippen LogP contribution in [0.1, 0.15) is 40.0 Å². The highest BCUT2D eigenvalue weighted by atomic mass is 35.5. The van der Waals surface area contributed by atoms with Gasteiger partial charge in [0.1, 0.15) is 0 Å². The summed E-state index contributed by atoms with van der Waals surface area (Å²) in [6, 6.07) is 4.11. The average Bonchev–Trinajstić information content (AvgIpc) is 2.86. The Morgan fingerprint density at radius 3 is 2.41 bits per heavy atom. The van der Waals surface area contributed by atoms with Crippen LogP contribution in [-0.2, 0) is 14.8 Å². The van der Waals surface area contributed by atoms with Gasteiger partial charge in [0.2, 0.25) is 10.0 Å². The number of nitrogens with zero attached hydrogens (tertiary/aromatic N) is 2. The molecule has 0 bridgehead atoms. The van der Waals surface area contributed by atoms with Crippen LogP contribution in [-0.4, -0.2) is 68.8 Å². The van der Waals surface area contributed by atoms with Gasteiger partial charge in [0.05, 0.1) is 22.1 Å². The zero-order chi connectivity index (χ0) is 18.9. The molecule has 2 aliphatic rings. The molecule has 0 aliphatic carbocycles. The molecule has 3 rings (SSSR count). The van der Waals surface area contributed by atoms with Gasteiger partial charge in [-0.1, -0.05) is 0 Å². The SMILES string of the molecule is CN1C(=O)c2ccc(S(=O)(=O)N3CCC(OCCCN)CC3)cc2C1=O.Cl. The molecule has 1 fully saturated rings. The van der Waals surface area contributed by atoms with Gasteiger partial charge in [0.25, 0.3) is 11.8 Å². The number of nitrogens with two attached hydrogens (primary N) is 1. The number of carbonyl (C=O) groups is 2. The molecule has 2 N–H and O–H groups in total. The monoisotopic (exact) mass is 417 g/mol. The molecule has 2 aliphatic heterocycles. The first-order valence-electron chi connectivity index (χ1n) is 8.64. The van der Waals surface area contributed by atoms with Crippen LogP contribution in [0.15, 0.2) is 23.1 Å². The Hall–Kier alpha value is -1.52. The van der Waals surface area contributed by atoms with Gasteiger partial charge in [-0.2, -0.15) is 4.31 Å². The summed E-state index contributed by atoms with van der Waals surface area (Å²) in [5.74, 6) is -0.890. The van der Waals surface area contributed by atoms with Gasteiger partial charge in [0, 0.05) is 26.7 Å². The fourth-order valence-corrected chi connectivity index (χ4v) is 4.72. The Balaban J connectivity index is 0.00000261. The summed E-state index contributed by atoms with van der Waals surface area (Å²) >= 11 is 0. The molecule has 10 heteroatoms. The molecular formula is C17H24ClN3O5S. The first-order valence-corrected chi connectivity index (χ1v) is 10.1. The van der Waals surface area contributed by atoms with Gasteiger partial charge in [-0.05, 0) is 44.0 Å². The van der Waals surface area contributed by atoms with E-state index in [1.165, 1.54) is 29.6 Å². The number of benzene rings is 1. The number of hydrogen-bond acceptors (Lipinski definition) is 6. The van der Waals surface area contributed by atoms with Crippen molar-refractivity contribution < 1.29 is 22.7 Å². The van der Waals surface area contributed by atoms with Crippen molar-refractivity contribution in [2.24, 2.45) is 5.73 Å². The minimum atomic E-state index is -3.71. The Morgan fingerprint density at radius 2 is 1.78 bits per heavy atom. The number of piperidine rings is 1. The maximum Gasteiger partial charge on any atom is 0.261 e. The summed E-state index contributed by atoms with van der Waals surface area (Å²) in [7, 11) is -2.33. The van der Waals surface area contributed by atoms with Crippen LogP contribution in [0.3, 0.4) is 0 Å². The van der Waals surface area contributed by atoms with Crippen molar-refractivity contribution in [1.29, 1.82) is 0 Å². The predicted octanol–water partition coefficient (Wildman–Crippen LogP) is 0.853. The number of rotatable bonds is 6. The highest BCUT2D eigenvalue weighted by molar-refractivity contribution is 7.89. The zero-order valence-corrected chi connectivity index (χ0v) is 16.7. The third-order valence-corrected chi connectivity index (χ3v) is 6.70. The Labute approximate surface area is 165 Å². The van der Waals surface area contributed by atoms with Crippen LogP contribution in [0.25, 0.3) is 0 Å². The summed E-state index contributed by atoms with van der Waals surface area (Å²) < 4.78 is 32.9. The van der Waals surface area contributed by atoms with Crippen molar-refractivity contribution in [3.63, 3.8) is 0 Å². The third kappa shape index (κ3) is 4.17. The fourth-order valence-electron chi connectivity index (χ4n) is 3.22. The molecule has 0 aromatic heterocycles. The van der Waals surface area contributed by atoms with Crippen molar-refractivity contribution in [3.05, 3.63) is 29.3 Å². The quantitative estimate of drug-likeness (QED) is 0.542. The molecule has 2 amide bonds. The Kier molecular flexibility index (Phi) is 6.98. The number of halogens is 1.